The van der Waals surface area contributed by atoms with Crippen molar-refractivity contribution < 1.29 is 14.6 Å². The Hall–Kier alpha value is -3.41. The highest BCUT2D eigenvalue weighted by atomic mass is 16.5. The fourth-order valence-electron chi connectivity index (χ4n) is 2.92. The molecule has 0 amide bonds. The van der Waals surface area contributed by atoms with Gasteiger partial charge in [-0.25, -0.2) is 4.79 Å². The molecule has 0 radical (unpaired) electrons. The summed E-state index contributed by atoms with van der Waals surface area (Å²) in [7, 11) is 0. The van der Waals surface area contributed by atoms with Crippen LogP contribution in [-0.4, -0.2) is 25.8 Å². The largest absolute Gasteiger partial charge is 0.488 e. The van der Waals surface area contributed by atoms with Gasteiger partial charge in [-0.05, 0) is 38.1 Å². The fraction of sp³-hybridized carbons (Fsp3) is 0.190. The molecule has 138 valence electrons. The Kier molecular flexibility index (Phi) is 5.35. The summed E-state index contributed by atoms with van der Waals surface area (Å²) in [6.45, 7) is 8.08. The lowest BCUT2D eigenvalue weighted by atomic mass is 10.1. The first kappa shape index (κ1) is 18.4. The number of carbonyl (C=O) groups is 1. The zero-order valence-electron chi connectivity index (χ0n) is 15.3. The second-order valence-corrected chi connectivity index (χ2v) is 6.28. The average Bonchev–Trinajstić information content (AvgIpc) is 3.16. The molecule has 0 saturated heterocycles. The van der Waals surface area contributed by atoms with Gasteiger partial charge in [-0.15, -0.1) is 0 Å². The van der Waals surface area contributed by atoms with E-state index in [1.807, 2.05) is 22.9 Å². The molecule has 0 fully saturated rings. The summed E-state index contributed by atoms with van der Waals surface area (Å²) in [5, 5.41) is 13.7. The van der Waals surface area contributed by atoms with Crippen LogP contribution in [0.4, 0.5) is 0 Å². The van der Waals surface area contributed by atoms with E-state index in [4.69, 9.17) is 4.74 Å². The van der Waals surface area contributed by atoms with Crippen LogP contribution in [0.3, 0.4) is 0 Å². The maximum Gasteiger partial charge on any atom is 0.336 e. The number of carboxylic acid groups (broad SMARTS) is 1. The van der Waals surface area contributed by atoms with Crippen LogP contribution in [0.25, 0.3) is 17.5 Å². The minimum Gasteiger partial charge on any atom is -0.488 e. The van der Waals surface area contributed by atoms with Crippen LogP contribution in [0.1, 0.15) is 41.4 Å². The van der Waals surface area contributed by atoms with Gasteiger partial charge in [0.2, 0.25) is 0 Å². The molecule has 0 aliphatic rings. The lowest BCUT2D eigenvalue weighted by Gasteiger charge is -2.15. The van der Waals surface area contributed by atoms with Crippen LogP contribution < -0.4 is 4.74 Å². The first-order chi connectivity index (χ1) is 13.0. The number of benzene rings is 1. The van der Waals surface area contributed by atoms with Gasteiger partial charge in [0.1, 0.15) is 12.4 Å². The molecule has 6 nitrogen and oxygen atoms in total. The summed E-state index contributed by atoms with van der Waals surface area (Å²) in [4.78, 5) is 15.9. The maximum absolute atomic E-state index is 11.4. The van der Waals surface area contributed by atoms with E-state index in [0.29, 0.717) is 11.3 Å². The standard InChI is InChI=1S/C21H21N3O3/c1-4-16-17(21(25)26)8-5-9-19(16)27-13-15-7-6-11-22-20(15)18-10-12-23-24(18)14(2)3/h4-12,14H,1,13H2,2-3H3,(H,25,26). The van der Waals surface area contributed by atoms with Crippen molar-refractivity contribution >= 4 is 12.0 Å². The summed E-state index contributed by atoms with van der Waals surface area (Å²) in [5.41, 5.74) is 3.20. The number of hydrogen-bond donors (Lipinski definition) is 1. The minimum absolute atomic E-state index is 0.159. The number of carboxylic acids is 1. The Bertz CT molecular complexity index is 976. The van der Waals surface area contributed by atoms with E-state index in [-0.39, 0.29) is 18.2 Å². The molecule has 27 heavy (non-hydrogen) atoms. The lowest BCUT2D eigenvalue weighted by molar-refractivity contribution is 0.0696. The summed E-state index contributed by atoms with van der Waals surface area (Å²) < 4.78 is 7.85. The first-order valence-corrected chi connectivity index (χ1v) is 8.62. The van der Waals surface area contributed by atoms with Crippen molar-refractivity contribution in [1.82, 2.24) is 14.8 Å². The Balaban J connectivity index is 1.93. The van der Waals surface area contributed by atoms with Crippen molar-refractivity contribution in [1.29, 1.82) is 0 Å². The molecule has 6 heteroatoms. The zero-order valence-corrected chi connectivity index (χ0v) is 15.3. The van der Waals surface area contributed by atoms with Crippen molar-refractivity contribution in [3.63, 3.8) is 0 Å². The van der Waals surface area contributed by atoms with Crippen molar-refractivity contribution in [3.05, 3.63) is 72.1 Å². The molecule has 3 rings (SSSR count). The van der Waals surface area contributed by atoms with Crippen LogP contribution >= 0.6 is 0 Å². The molecule has 2 heterocycles. The summed E-state index contributed by atoms with van der Waals surface area (Å²) >= 11 is 0. The molecule has 0 saturated carbocycles. The molecule has 1 aromatic carbocycles. The third kappa shape index (κ3) is 3.74. The van der Waals surface area contributed by atoms with Gasteiger partial charge in [0.25, 0.3) is 0 Å². The van der Waals surface area contributed by atoms with E-state index in [1.165, 1.54) is 12.1 Å². The third-order valence-corrected chi connectivity index (χ3v) is 4.18. The number of hydrogen-bond acceptors (Lipinski definition) is 4. The number of pyridine rings is 1. The smallest absolute Gasteiger partial charge is 0.336 e. The van der Waals surface area contributed by atoms with Crippen LogP contribution in [0, 0.1) is 0 Å². The summed E-state index contributed by atoms with van der Waals surface area (Å²) in [6, 6.07) is 10.8. The molecular formula is C21H21N3O3. The van der Waals surface area contributed by atoms with E-state index in [1.54, 1.807) is 24.5 Å². The van der Waals surface area contributed by atoms with Gasteiger partial charge in [0.05, 0.1) is 17.0 Å². The second-order valence-electron chi connectivity index (χ2n) is 6.28. The van der Waals surface area contributed by atoms with Crippen molar-refractivity contribution in [3.8, 4) is 17.1 Å². The van der Waals surface area contributed by atoms with Gasteiger partial charge in [0.15, 0.2) is 0 Å². The predicted octanol–water partition coefficient (Wildman–Crippen LogP) is 4.45. The Morgan fingerprint density at radius 3 is 2.78 bits per heavy atom. The highest BCUT2D eigenvalue weighted by Gasteiger charge is 2.16. The molecule has 1 N–H and O–H groups in total. The van der Waals surface area contributed by atoms with E-state index < -0.39 is 5.97 Å². The topological polar surface area (TPSA) is 77.2 Å². The number of aromatic carboxylic acids is 1. The summed E-state index contributed by atoms with van der Waals surface area (Å²) in [6.07, 6.45) is 4.98. The van der Waals surface area contributed by atoms with Gasteiger partial charge in [-0.3, -0.25) is 9.67 Å². The Morgan fingerprint density at radius 2 is 2.07 bits per heavy atom. The number of nitrogens with zero attached hydrogens (tertiary/aromatic N) is 3. The van der Waals surface area contributed by atoms with E-state index in [0.717, 1.165) is 17.0 Å². The zero-order chi connectivity index (χ0) is 19.4. The molecule has 2 aromatic heterocycles. The van der Waals surface area contributed by atoms with Gasteiger partial charge in [-0.2, -0.15) is 5.10 Å². The third-order valence-electron chi connectivity index (χ3n) is 4.18. The van der Waals surface area contributed by atoms with Crippen molar-refractivity contribution in [2.45, 2.75) is 26.5 Å². The quantitative estimate of drug-likeness (QED) is 0.671. The highest BCUT2D eigenvalue weighted by molar-refractivity contribution is 5.93. The lowest BCUT2D eigenvalue weighted by Crippen LogP contribution is -2.08. The monoisotopic (exact) mass is 363 g/mol. The van der Waals surface area contributed by atoms with Gasteiger partial charge in [0, 0.05) is 29.6 Å². The molecular weight excluding hydrogens is 342 g/mol. The first-order valence-electron chi connectivity index (χ1n) is 8.62. The second kappa shape index (κ2) is 7.86. The molecule has 0 bridgehead atoms. The van der Waals surface area contributed by atoms with Crippen LogP contribution in [0.15, 0.2) is 55.4 Å². The molecule has 0 unspecified atom stereocenters. The number of aromatic nitrogens is 3. The van der Waals surface area contributed by atoms with Gasteiger partial charge in [-0.1, -0.05) is 24.8 Å². The van der Waals surface area contributed by atoms with Crippen LogP contribution in [-0.2, 0) is 6.61 Å². The molecule has 0 spiro atoms. The Morgan fingerprint density at radius 1 is 1.26 bits per heavy atom. The average molecular weight is 363 g/mol. The minimum atomic E-state index is -1.02. The fourth-order valence-corrected chi connectivity index (χ4v) is 2.92. The van der Waals surface area contributed by atoms with Crippen LogP contribution in [0.5, 0.6) is 5.75 Å². The van der Waals surface area contributed by atoms with E-state index in [2.05, 4.69) is 30.5 Å². The maximum atomic E-state index is 11.4. The predicted molar refractivity (Wildman–Crippen MR) is 104 cm³/mol. The van der Waals surface area contributed by atoms with Gasteiger partial charge < -0.3 is 9.84 Å². The van der Waals surface area contributed by atoms with Crippen LogP contribution in [0.2, 0.25) is 0 Å². The molecule has 0 atom stereocenters. The SMILES string of the molecule is C=Cc1c(OCc2cccnc2-c2ccnn2C(C)C)cccc1C(=O)O. The highest BCUT2D eigenvalue weighted by Crippen LogP contribution is 2.28. The number of rotatable bonds is 7. The van der Waals surface area contributed by atoms with Crippen molar-refractivity contribution in [2.24, 2.45) is 0 Å². The molecule has 3 aromatic rings. The normalized spacial score (nSPS) is 10.8. The molecule has 0 aliphatic carbocycles. The molecule has 0 aliphatic heterocycles. The summed E-state index contributed by atoms with van der Waals surface area (Å²) in [5.74, 6) is -0.546. The van der Waals surface area contributed by atoms with E-state index >= 15 is 0 Å². The van der Waals surface area contributed by atoms with E-state index in [9.17, 15) is 9.90 Å². The Labute approximate surface area is 157 Å². The number of ether oxygens (including phenoxy) is 1. The van der Waals surface area contributed by atoms with Crippen molar-refractivity contribution in [2.75, 3.05) is 0 Å². The van der Waals surface area contributed by atoms with Gasteiger partial charge >= 0.3 is 5.97 Å².